The Balaban J connectivity index is 1.80. The van der Waals surface area contributed by atoms with Crippen LogP contribution in [0, 0.1) is 0 Å². The van der Waals surface area contributed by atoms with E-state index in [-0.39, 0.29) is 11.5 Å². The fourth-order valence-electron chi connectivity index (χ4n) is 2.88. The molecule has 0 aliphatic carbocycles. The second-order valence-corrected chi connectivity index (χ2v) is 6.34. The smallest absolute Gasteiger partial charge is 0.257 e. The highest BCUT2D eigenvalue weighted by Crippen LogP contribution is 2.33. The van der Waals surface area contributed by atoms with Gasteiger partial charge in [-0.2, -0.15) is 0 Å². The first-order valence-electron chi connectivity index (χ1n) is 8.32. The number of benzene rings is 3. The van der Waals surface area contributed by atoms with Crippen molar-refractivity contribution in [3.8, 4) is 0 Å². The van der Waals surface area contributed by atoms with Crippen molar-refractivity contribution in [1.82, 2.24) is 0 Å². The second-order valence-electron chi connectivity index (χ2n) is 5.93. The number of rotatable bonds is 4. The summed E-state index contributed by atoms with van der Waals surface area (Å²) in [5.41, 5.74) is 1.66. The molecule has 3 aromatic carbocycles. The maximum Gasteiger partial charge on any atom is 0.257 e. The third-order valence-corrected chi connectivity index (χ3v) is 4.52. The summed E-state index contributed by atoms with van der Waals surface area (Å²) in [6, 6.07) is 22.7. The molecule has 0 aliphatic rings. The quantitative estimate of drug-likeness (QED) is 0.474. The van der Waals surface area contributed by atoms with E-state index in [9.17, 15) is 9.59 Å². The van der Waals surface area contributed by atoms with Gasteiger partial charge in [0.05, 0.1) is 16.3 Å². The van der Waals surface area contributed by atoms with Crippen LogP contribution < -0.4 is 5.32 Å². The number of hydrogen-bond acceptors (Lipinski definition) is 3. The van der Waals surface area contributed by atoms with Crippen LogP contribution in [0.2, 0.25) is 5.02 Å². The Hall–Kier alpha value is -3.37. The second kappa shape index (κ2) is 7.09. The predicted octanol–water partition coefficient (Wildman–Crippen LogP) is 5.57. The van der Waals surface area contributed by atoms with E-state index in [2.05, 4.69) is 5.32 Å². The molecular formula is C22H14ClNO3. The standard InChI is InChI=1S/C22H14ClNO3/c23-17-12-6-4-10-15(17)22(26)24-19-16-11-5-7-13-18(16)27-21(19)20(25)14-8-2-1-3-9-14/h1-13H,(H,24,26). The largest absolute Gasteiger partial charge is 0.450 e. The number of para-hydroxylation sites is 1. The Bertz CT molecular complexity index is 1150. The van der Waals surface area contributed by atoms with Gasteiger partial charge in [-0.05, 0) is 24.3 Å². The molecule has 0 atom stereocenters. The van der Waals surface area contributed by atoms with Crippen LogP contribution >= 0.6 is 11.6 Å². The summed E-state index contributed by atoms with van der Waals surface area (Å²) < 4.78 is 5.79. The van der Waals surface area contributed by atoms with Crippen molar-refractivity contribution in [2.75, 3.05) is 5.32 Å². The van der Waals surface area contributed by atoms with Crippen LogP contribution in [0.25, 0.3) is 11.0 Å². The highest BCUT2D eigenvalue weighted by Gasteiger charge is 2.24. The van der Waals surface area contributed by atoms with Crippen LogP contribution in [0.15, 0.2) is 83.3 Å². The molecule has 0 unspecified atom stereocenters. The Morgan fingerprint density at radius 2 is 1.48 bits per heavy atom. The Morgan fingerprint density at radius 3 is 2.26 bits per heavy atom. The lowest BCUT2D eigenvalue weighted by Gasteiger charge is -2.07. The Morgan fingerprint density at radius 1 is 0.815 bits per heavy atom. The third-order valence-electron chi connectivity index (χ3n) is 4.19. The summed E-state index contributed by atoms with van der Waals surface area (Å²) in [7, 11) is 0. The zero-order valence-electron chi connectivity index (χ0n) is 14.1. The summed E-state index contributed by atoms with van der Waals surface area (Å²) in [6.07, 6.45) is 0. The molecule has 4 nitrogen and oxygen atoms in total. The van der Waals surface area contributed by atoms with Crippen molar-refractivity contribution in [3.05, 3.63) is 101 Å². The van der Waals surface area contributed by atoms with Crippen molar-refractivity contribution >= 4 is 39.9 Å². The number of amides is 1. The van der Waals surface area contributed by atoms with Crippen LogP contribution in [0.5, 0.6) is 0 Å². The van der Waals surface area contributed by atoms with Crippen molar-refractivity contribution < 1.29 is 14.0 Å². The summed E-state index contributed by atoms with van der Waals surface area (Å²) in [4.78, 5) is 25.7. The molecule has 1 amide bonds. The summed E-state index contributed by atoms with van der Waals surface area (Å²) in [5.74, 6) is -0.627. The molecule has 5 heteroatoms. The monoisotopic (exact) mass is 375 g/mol. The zero-order chi connectivity index (χ0) is 18.8. The van der Waals surface area contributed by atoms with Gasteiger partial charge in [0.25, 0.3) is 5.91 Å². The van der Waals surface area contributed by atoms with Gasteiger partial charge in [0.1, 0.15) is 5.58 Å². The number of anilines is 1. The van der Waals surface area contributed by atoms with E-state index in [1.807, 2.05) is 18.2 Å². The molecule has 0 bridgehead atoms. The summed E-state index contributed by atoms with van der Waals surface area (Å²) in [5, 5.41) is 3.79. The van der Waals surface area contributed by atoms with Crippen molar-refractivity contribution in [2.45, 2.75) is 0 Å². The van der Waals surface area contributed by atoms with Gasteiger partial charge in [-0.15, -0.1) is 0 Å². The van der Waals surface area contributed by atoms with Gasteiger partial charge in [0, 0.05) is 10.9 Å². The Labute approximate surface area is 160 Å². The average molecular weight is 376 g/mol. The van der Waals surface area contributed by atoms with Crippen LogP contribution in [0.1, 0.15) is 26.5 Å². The number of hydrogen-bond donors (Lipinski definition) is 1. The number of carbonyl (C=O) groups is 2. The van der Waals surface area contributed by atoms with Gasteiger partial charge >= 0.3 is 0 Å². The molecule has 4 aromatic rings. The maximum atomic E-state index is 13.0. The van der Waals surface area contributed by atoms with E-state index in [1.54, 1.807) is 60.7 Å². The first-order valence-corrected chi connectivity index (χ1v) is 8.70. The van der Waals surface area contributed by atoms with E-state index in [4.69, 9.17) is 16.0 Å². The predicted molar refractivity (Wildman–Crippen MR) is 105 cm³/mol. The maximum absolute atomic E-state index is 13.0. The molecule has 4 rings (SSSR count). The van der Waals surface area contributed by atoms with E-state index >= 15 is 0 Å². The van der Waals surface area contributed by atoms with Crippen LogP contribution in [-0.2, 0) is 0 Å². The molecule has 0 saturated heterocycles. The van der Waals surface area contributed by atoms with Crippen molar-refractivity contribution in [2.24, 2.45) is 0 Å². The van der Waals surface area contributed by atoms with E-state index in [0.717, 1.165) is 0 Å². The molecule has 0 radical (unpaired) electrons. The highest BCUT2D eigenvalue weighted by atomic mass is 35.5. The zero-order valence-corrected chi connectivity index (χ0v) is 14.9. The first kappa shape index (κ1) is 17.1. The van der Waals surface area contributed by atoms with Gasteiger partial charge in [-0.25, -0.2) is 0 Å². The number of nitrogens with one attached hydrogen (secondary N) is 1. The molecule has 27 heavy (non-hydrogen) atoms. The van der Waals surface area contributed by atoms with Crippen LogP contribution in [-0.4, -0.2) is 11.7 Å². The summed E-state index contributed by atoms with van der Waals surface area (Å²) in [6.45, 7) is 0. The van der Waals surface area contributed by atoms with E-state index < -0.39 is 5.91 Å². The minimum atomic E-state index is -0.408. The third kappa shape index (κ3) is 3.23. The lowest BCUT2D eigenvalue weighted by Crippen LogP contribution is -2.14. The highest BCUT2D eigenvalue weighted by molar-refractivity contribution is 6.34. The van der Waals surface area contributed by atoms with Crippen LogP contribution in [0.4, 0.5) is 5.69 Å². The average Bonchev–Trinajstić information content (AvgIpc) is 3.07. The number of carbonyl (C=O) groups excluding carboxylic acids is 2. The summed E-state index contributed by atoms with van der Waals surface area (Å²) >= 11 is 6.12. The molecule has 0 aliphatic heterocycles. The lowest BCUT2D eigenvalue weighted by molar-refractivity contribution is 0.101. The first-order chi connectivity index (χ1) is 13.1. The fraction of sp³-hybridized carbons (Fsp3) is 0. The minimum Gasteiger partial charge on any atom is -0.450 e. The van der Waals surface area contributed by atoms with Gasteiger partial charge in [-0.3, -0.25) is 9.59 Å². The van der Waals surface area contributed by atoms with Gasteiger partial charge in [-0.1, -0.05) is 66.2 Å². The number of halogens is 1. The van der Waals surface area contributed by atoms with Crippen molar-refractivity contribution in [1.29, 1.82) is 0 Å². The Kier molecular flexibility index (Phi) is 4.48. The van der Waals surface area contributed by atoms with Gasteiger partial charge < -0.3 is 9.73 Å². The molecule has 0 fully saturated rings. The van der Waals surface area contributed by atoms with Gasteiger partial charge in [0.2, 0.25) is 5.78 Å². The van der Waals surface area contributed by atoms with Crippen molar-refractivity contribution in [3.63, 3.8) is 0 Å². The molecule has 1 heterocycles. The topological polar surface area (TPSA) is 59.3 Å². The number of ketones is 1. The fourth-order valence-corrected chi connectivity index (χ4v) is 3.10. The minimum absolute atomic E-state index is 0.0859. The molecule has 1 N–H and O–H groups in total. The van der Waals surface area contributed by atoms with E-state index in [0.29, 0.717) is 32.8 Å². The lowest BCUT2D eigenvalue weighted by atomic mass is 10.1. The molecular weight excluding hydrogens is 362 g/mol. The normalized spacial score (nSPS) is 10.7. The van der Waals surface area contributed by atoms with Gasteiger partial charge in [0.15, 0.2) is 5.76 Å². The molecule has 0 spiro atoms. The molecule has 1 aromatic heterocycles. The molecule has 132 valence electrons. The van der Waals surface area contributed by atoms with E-state index in [1.165, 1.54) is 0 Å². The molecule has 0 saturated carbocycles. The SMILES string of the molecule is O=C(Nc1c(C(=O)c2ccccc2)oc2ccccc12)c1ccccc1Cl. The number of fused-ring (bicyclic) bond motifs is 1. The van der Waals surface area contributed by atoms with Crippen LogP contribution in [0.3, 0.4) is 0 Å². The number of furan rings is 1.